The van der Waals surface area contributed by atoms with Crippen LogP contribution in [0.3, 0.4) is 0 Å². The minimum absolute atomic E-state index is 0.0298. The van der Waals surface area contributed by atoms with Gasteiger partial charge in [0.15, 0.2) is 28.8 Å². The number of rotatable bonds is 13. The summed E-state index contributed by atoms with van der Waals surface area (Å²) in [6.07, 6.45) is -2.37. The molecule has 0 aromatic heterocycles. The zero-order chi connectivity index (χ0) is 32.0. The van der Waals surface area contributed by atoms with E-state index < -0.39 is 46.5 Å². The number of carbonyl (C=O) groups is 2. The molecule has 0 aliphatic heterocycles. The zero-order valence-electron chi connectivity index (χ0n) is 24.8. The Hall–Kier alpha value is -4.25. The molecule has 0 radical (unpaired) electrons. The Morgan fingerprint density at radius 1 is 0.930 bits per heavy atom. The Balaban J connectivity index is 2.28. The van der Waals surface area contributed by atoms with Crippen molar-refractivity contribution in [3.05, 3.63) is 96.0 Å². The Morgan fingerprint density at radius 3 is 2.07 bits per heavy atom. The van der Waals surface area contributed by atoms with Crippen molar-refractivity contribution in [1.29, 1.82) is 0 Å². The van der Waals surface area contributed by atoms with Crippen LogP contribution in [-0.4, -0.2) is 53.5 Å². The quantitative estimate of drug-likeness (QED) is 0.196. The summed E-state index contributed by atoms with van der Waals surface area (Å²) in [4.78, 5) is 27.6. The van der Waals surface area contributed by atoms with Gasteiger partial charge in [-0.2, -0.15) is 13.2 Å². The maximum atomic E-state index is 14.8. The van der Waals surface area contributed by atoms with Gasteiger partial charge in [0, 0.05) is 24.7 Å². The highest BCUT2D eigenvalue weighted by Crippen LogP contribution is 2.50. The van der Waals surface area contributed by atoms with Crippen molar-refractivity contribution in [2.75, 3.05) is 35.5 Å². The maximum absolute atomic E-state index is 14.8. The number of benzene rings is 2. The summed E-state index contributed by atoms with van der Waals surface area (Å²) < 4.78 is 76.7. The predicted molar refractivity (Wildman–Crippen MR) is 151 cm³/mol. The van der Waals surface area contributed by atoms with E-state index in [9.17, 15) is 22.8 Å². The van der Waals surface area contributed by atoms with Crippen molar-refractivity contribution >= 4 is 11.8 Å². The average Bonchev–Trinajstić information content (AvgIpc) is 3.00. The molecule has 0 bridgehead atoms. The lowest BCUT2D eigenvalue weighted by molar-refractivity contribution is -0.279. The van der Waals surface area contributed by atoms with Crippen molar-refractivity contribution < 1.29 is 51.2 Å². The molecule has 2 aromatic carbocycles. The van der Waals surface area contributed by atoms with Gasteiger partial charge in [0.05, 0.1) is 33.9 Å². The molecule has 0 amide bonds. The predicted octanol–water partition coefficient (Wildman–Crippen LogP) is 6.23. The highest BCUT2D eigenvalue weighted by molar-refractivity contribution is 5.99. The number of halogens is 3. The molecule has 1 aliphatic rings. The SMILES string of the molecule is C=CCC1([C@H](C)[C@@H](OC(=O)[C@](OC)(c2ccccc2)C(F)(F)F)c2ccc(OC)c(OC)c2)C=C(OC)C(OC)=CC1=O. The van der Waals surface area contributed by atoms with E-state index in [-0.39, 0.29) is 29.3 Å². The van der Waals surface area contributed by atoms with Crippen LogP contribution in [0.5, 0.6) is 11.5 Å². The number of ether oxygens (including phenoxy) is 6. The second kappa shape index (κ2) is 13.4. The van der Waals surface area contributed by atoms with Crippen molar-refractivity contribution in [3.8, 4) is 11.5 Å². The minimum atomic E-state index is -5.22. The van der Waals surface area contributed by atoms with Crippen LogP contribution in [0.4, 0.5) is 13.2 Å². The molecular weight excluding hydrogens is 569 g/mol. The van der Waals surface area contributed by atoms with E-state index in [2.05, 4.69) is 6.58 Å². The van der Waals surface area contributed by atoms with Gasteiger partial charge in [-0.15, -0.1) is 6.58 Å². The van der Waals surface area contributed by atoms with E-state index >= 15 is 0 Å². The second-order valence-electron chi connectivity index (χ2n) is 9.80. The van der Waals surface area contributed by atoms with E-state index in [0.717, 1.165) is 19.2 Å². The van der Waals surface area contributed by atoms with Crippen molar-refractivity contribution in [1.82, 2.24) is 0 Å². The molecule has 0 N–H and O–H groups in total. The van der Waals surface area contributed by atoms with Crippen LogP contribution in [0.15, 0.2) is 84.9 Å². The van der Waals surface area contributed by atoms with Gasteiger partial charge in [0.2, 0.25) is 0 Å². The molecule has 232 valence electrons. The van der Waals surface area contributed by atoms with Crippen molar-refractivity contribution in [3.63, 3.8) is 0 Å². The van der Waals surface area contributed by atoms with Crippen LogP contribution >= 0.6 is 0 Å². The van der Waals surface area contributed by atoms with Gasteiger partial charge >= 0.3 is 12.1 Å². The van der Waals surface area contributed by atoms with Crippen molar-refractivity contribution in [2.45, 2.75) is 31.2 Å². The van der Waals surface area contributed by atoms with Gasteiger partial charge in [-0.3, -0.25) is 4.79 Å². The summed E-state index contributed by atoms with van der Waals surface area (Å²) in [6, 6.07) is 11.0. The van der Waals surface area contributed by atoms with Gasteiger partial charge in [-0.05, 0) is 30.2 Å². The molecule has 2 aromatic rings. The number of ketones is 1. The Morgan fingerprint density at radius 2 is 1.56 bits per heavy atom. The molecule has 0 heterocycles. The molecule has 0 spiro atoms. The van der Waals surface area contributed by atoms with Crippen LogP contribution < -0.4 is 9.47 Å². The molecule has 8 nitrogen and oxygen atoms in total. The van der Waals surface area contributed by atoms with E-state index in [4.69, 9.17) is 28.4 Å². The Kier molecular flexibility index (Phi) is 10.3. The standard InChI is InChI=1S/C32H35F3O8/c1-8-16-30(19-26(41-6)25(40-5)18-27(30)36)20(2)28(21-14-15-23(38-3)24(17-21)39-4)43-29(37)31(42-7,32(33,34)35)22-12-10-9-11-13-22/h8-15,17-20,28H,1,16H2,2-7H3/t20-,28-,30?,31-/m1/s1. The zero-order valence-corrected chi connectivity index (χ0v) is 24.8. The normalized spacial score (nSPS) is 19.6. The third kappa shape index (κ3) is 5.99. The van der Waals surface area contributed by atoms with E-state index in [1.165, 1.54) is 83.1 Å². The number of alkyl halides is 3. The molecule has 0 saturated heterocycles. The molecule has 11 heteroatoms. The van der Waals surface area contributed by atoms with Gasteiger partial charge in [0.1, 0.15) is 6.10 Å². The highest BCUT2D eigenvalue weighted by Gasteiger charge is 2.65. The summed E-state index contributed by atoms with van der Waals surface area (Å²) in [6.45, 7) is 5.38. The molecule has 43 heavy (non-hydrogen) atoms. The third-order valence-electron chi connectivity index (χ3n) is 7.68. The van der Waals surface area contributed by atoms with Crippen LogP contribution in [0, 0.1) is 11.3 Å². The minimum Gasteiger partial charge on any atom is -0.493 e. The van der Waals surface area contributed by atoms with E-state index in [1.54, 1.807) is 6.92 Å². The molecule has 1 unspecified atom stereocenters. The largest absolute Gasteiger partial charge is 0.493 e. The maximum Gasteiger partial charge on any atom is 0.432 e. The first kappa shape index (κ1) is 33.3. The number of esters is 1. The van der Waals surface area contributed by atoms with E-state index in [0.29, 0.717) is 5.75 Å². The first-order valence-corrected chi connectivity index (χ1v) is 13.2. The fourth-order valence-corrected chi connectivity index (χ4v) is 5.30. The number of hydrogen-bond donors (Lipinski definition) is 0. The molecule has 0 fully saturated rings. The second-order valence-corrected chi connectivity index (χ2v) is 9.80. The third-order valence-corrected chi connectivity index (χ3v) is 7.68. The molecular formula is C32H35F3O8. The first-order chi connectivity index (χ1) is 20.4. The fourth-order valence-electron chi connectivity index (χ4n) is 5.30. The summed E-state index contributed by atoms with van der Waals surface area (Å²) in [5.41, 5.74) is -5.17. The first-order valence-electron chi connectivity index (χ1n) is 13.2. The Bertz CT molecular complexity index is 1380. The average molecular weight is 605 g/mol. The monoisotopic (exact) mass is 604 g/mol. The highest BCUT2D eigenvalue weighted by atomic mass is 19.4. The number of hydrogen-bond acceptors (Lipinski definition) is 8. The van der Waals surface area contributed by atoms with E-state index in [1.807, 2.05) is 0 Å². The fraction of sp³-hybridized carbons (Fsp3) is 0.375. The summed E-state index contributed by atoms with van der Waals surface area (Å²) in [5, 5.41) is 0. The molecule has 4 atom stereocenters. The summed E-state index contributed by atoms with van der Waals surface area (Å²) >= 11 is 0. The molecule has 1 aliphatic carbocycles. The van der Waals surface area contributed by atoms with Crippen molar-refractivity contribution in [2.24, 2.45) is 11.3 Å². The molecule has 3 rings (SSSR count). The number of carbonyl (C=O) groups excluding carboxylic acids is 2. The molecule has 0 saturated carbocycles. The van der Waals surface area contributed by atoms with Crippen LogP contribution in [0.1, 0.15) is 30.6 Å². The van der Waals surface area contributed by atoms with Gasteiger partial charge in [-0.1, -0.05) is 49.4 Å². The van der Waals surface area contributed by atoms with Gasteiger partial charge in [0.25, 0.3) is 5.60 Å². The Labute approximate surface area is 248 Å². The number of allylic oxidation sites excluding steroid dienone is 3. The topological polar surface area (TPSA) is 89.5 Å². The van der Waals surface area contributed by atoms with Crippen LogP contribution in [-0.2, 0) is 34.1 Å². The lowest BCUT2D eigenvalue weighted by Gasteiger charge is -2.41. The smallest absolute Gasteiger partial charge is 0.432 e. The summed E-state index contributed by atoms with van der Waals surface area (Å²) in [5.74, 6) is -2.21. The lowest BCUT2D eigenvalue weighted by atomic mass is 9.65. The van der Waals surface area contributed by atoms with Crippen LogP contribution in [0.25, 0.3) is 0 Å². The van der Waals surface area contributed by atoms with Gasteiger partial charge in [-0.25, -0.2) is 4.79 Å². The summed E-state index contributed by atoms with van der Waals surface area (Å²) in [7, 11) is 6.35. The van der Waals surface area contributed by atoms with Crippen LogP contribution in [0.2, 0.25) is 0 Å². The number of methoxy groups -OCH3 is 5. The van der Waals surface area contributed by atoms with Gasteiger partial charge < -0.3 is 28.4 Å². The lowest BCUT2D eigenvalue weighted by Crippen LogP contribution is -2.52.